The summed E-state index contributed by atoms with van der Waals surface area (Å²) in [6.07, 6.45) is 8.04. The molecule has 0 unspecified atom stereocenters. The first-order valence-electron chi connectivity index (χ1n) is 12.4. The molecule has 3 N–H and O–H groups in total. The number of nitrogens with zero attached hydrogens (tertiary/aromatic N) is 1. The zero-order valence-corrected chi connectivity index (χ0v) is 20.1. The van der Waals surface area contributed by atoms with Crippen molar-refractivity contribution in [1.29, 1.82) is 0 Å². The molecule has 1 aromatic carbocycles. The van der Waals surface area contributed by atoms with Gasteiger partial charge in [-0.1, -0.05) is 69.4 Å². The Bertz CT molecular complexity index is 805. The van der Waals surface area contributed by atoms with E-state index < -0.39 is 17.6 Å². The molecule has 33 heavy (non-hydrogen) atoms. The van der Waals surface area contributed by atoms with E-state index in [1.165, 1.54) is 6.42 Å². The molecule has 2 fully saturated rings. The summed E-state index contributed by atoms with van der Waals surface area (Å²) in [5.74, 6) is -0.504. The second kappa shape index (κ2) is 11.6. The van der Waals surface area contributed by atoms with Gasteiger partial charge < -0.3 is 20.7 Å². The quantitative estimate of drug-likeness (QED) is 0.554. The van der Waals surface area contributed by atoms with Crippen LogP contribution in [0.25, 0.3) is 0 Å². The molecule has 1 saturated heterocycles. The van der Waals surface area contributed by atoms with Crippen LogP contribution in [0, 0.1) is 5.92 Å². The van der Waals surface area contributed by atoms with Crippen molar-refractivity contribution in [3.05, 3.63) is 35.9 Å². The summed E-state index contributed by atoms with van der Waals surface area (Å²) in [4.78, 5) is 40.9. The molecule has 3 rings (SSSR count). The fourth-order valence-corrected chi connectivity index (χ4v) is 4.76. The molecule has 1 aliphatic heterocycles. The highest BCUT2D eigenvalue weighted by atomic mass is 16.5. The van der Waals surface area contributed by atoms with E-state index in [1.54, 1.807) is 11.8 Å². The van der Waals surface area contributed by atoms with Crippen LogP contribution < -0.4 is 11.1 Å². The van der Waals surface area contributed by atoms with Crippen molar-refractivity contribution >= 4 is 17.8 Å². The molecule has 0 aromatic heterocycles. The van der Waals surface area contributed by atoms with Crippen LogP contribution in [-0.2, 0) is 25.7 Å². The van der Waals surface area contributed by atoms with Crippen molar-refractivity contribution in [3.8, 4) is 0 Å². The number of hydrogen-bond acceptors (Lipinski definition) is 5. The Morgan fingerprint density at radius 2 is 1.82 bits per heavy atom. The first-order valence-corrected chi connectivity index (χ1v) is 12.4. The monoisotopic (exact) mass is 457 g/mol. The molecule has 0 radical (unpaired) electrons. The predicted molar refractivity (Wildman–Crippen MR) is 127 cm³/mol. The van der Waals surface area contributed by atoms with Gasteiger partial charge >= 0.3 is 5.97 Å². The third-order valence-corrected chi connectivity index (χ3v) is 7.18. The van der Waals surface area contributed by atoms with Crippen LogP contribution in [0.5, 0.6) is 0 Å². The minimum Gasteiger partial charge on any atom is -0.459 e. The zero-order chi connectivity index (χ0) is 23.8. The van der Waals surface area contributed by atoms with Crippen molar-refractivity contribution in [2.24, 2.45) is 11.7 Å². The molecule has 0 spiro atoms. The van der Waals surface area contributed by atoms with E-state index >= 15 is 0 Å². The molecular weight excluding hydrogens is 418 g/mol. The highest BCUT2D eigenvalue weighted by Gasteiger charge is 2.40. The van der Waals surface area contributed by atoms with E-state index in [9.17, 15) is 14.4 Å². The molecule has 1 heterocycles. The molecule has 7 heteroatoms. The molecule has 3 atom stereocenters. The van der Waals surface area contributed by atoms with Gasteiger partial charge in [-0.3, -0.25) is 9.59 Å². The normalized spacial score (nSPS) is 21.8. The summed E-state index contributed by atoms with van der Waals surface area (Å²) >= 11 is 0. The number of rotatable bonds is 9. The summed E-state index contributed by atoms with van der Waals surface area (Å²) in [7, 11) is 0. The Morgan fingerprint density at radius 3 is 2.48 bits per heavy atom. The molecule has 1 aliphatic carbocycles. The van der Waals surface area contributed by atoms with Crippen molar-refractivity contribution < 1.29 is 19.1 Å². The van der Waals surface area contributed by atoms with E-state index in [4.69, 9.17) is 10.5 Å². The molecule has 182 valence electrons. The second-order valence-corrected chi connectivity index (χ2v) is 9.82. The van der Waals surface area contributed by atoms with E-state index in [-0.39, 0.29) is 24.4 Å². The van der Waals surface area contributed by atoms with Crippen LogP contribution in [0.15, 0.2) is 30.3 Å². The van der Waals surface area contributed by atoms with Crippen molar-refractivity contribution in [2.75, 3.05) is 6.54 Å². The Balaban J connectivity index is 1.69. The van der Waals surface area contributed by atoms with E-state index in [0.717, 1.165) is 37.7 Å². The van der Waals surface area contributed by atoms with Crippen LogP contribution in [0.3, 0.4) is 0 Å². The van der Waals surface area contributed by atoms with Crippen LogP contribution in [0.1, 0.15) is 77.2 Å². The maximum absolute atomic E-state index is 13.6. The molecule has 1 aromatic rings. The van der Waals surface area contributed by atoms with Gasteiger partial charge in [-0.25, -0.2) is 4.79 Å². The van der Waals surface area contributed by atoms with Gasteiger partial charge in [0.05, 0.1) is 5.54 Å². The highest BCUT2D eigenvalue weighted by molar-refractivity contribution is 5.93. The number of likely N-dealkylation sites (tertiary alicyclic amines) is 1. The number of hydrogen-bond donors (Lipinski definition) is 2. The minimum absolute atomic E-state index is 0.183. The lowest BCUT2D eigenvalue weighted by atomic mass is 9.84. The first-order chi connectivity index (χ1) is 15.8. The smallest absolute Gasteiger partial charge is 0.329 e. The number of esters is 1. The number of benzene rings is 1. The van der Waals surface area contributed by atoms with Crippen LogP contribution in [0.2, 0.25) is 0 Å². The van der Waals surface area contributed by atoms with Crippen molar-refractivity contribution in [3.63, 3.8) is 0 Å². The number of nitrogens with one attached hydrogen (secondary N) is 1. The SMILES string of the molecule is CC[C@](C)(N)C(=O)N[C@@H](CC1CCCCC1)C(=O)N1CCC[C@@H]1C(=O)OCc1ccccc1. The second-order valence-electron chi connectivity index (χ2n) is 9.82. The summed E-state index contributed by atoms with van der Waals surface area (Å²) in [5.41, 5.74) is 6.02. The van der Waals surface area contributed by atoms with Crippen LogP contribution in [-0.4, -0.2) is 46.9 Å². The summed E-state index contributed by atoms with van der Waals surface area (Å²) < 4.78 is 5.53. The van der Waals surface area contributed by atoms with E-state index in [2.05, 4.69) is 5.32 Å². The minimum atomic E-state index is -1.04. The summed E-state index contributed by atoms with van der Waals surface area (Å²) in [6.45, 7) is 4.22. The van der Waals surface area contributed by atoms with Gasteiger partial charge in [0.15, 0.2) is 0 Å². The van der Waals surface area contributed by atoms with Gasteiger partial charge in [0.2, 0.25) is 11.8 Å². The summed E-state index contributed by atoms with van der Waals surface area (Å²) in [6, 6.07) is 8.23. The Hall–Kier alpha value is -2.41. The first kappa shape index (κ1) is 25.2. The maximum Gasteiger partial charge on any atom is 0.329 e. The number of carbonyl (C=O) groups is 3. The molecular formula is C26H39N3O4. The van der Waals surface area contributed by atoms with Crippen molar-refractivity contribution in [2.45, 2.75) is 95.9 Å². The average molecular weight is 458 g/mol. The third-order valence-electron chi connectivity index (χ3n) is 7.18. The fourth-order valence-electron chi connectivity index (χ4n) is 4.76. The fraction of sp³-hybridized carbons (Fsp3) is 0.654. The lowest BCUT2D eigenvalue weighted by molar-refractivity contribution is -0.155. The Kier molecular flexibility index (Phi) is 8.89. The molecule has 1 saturated carbocycles. The molecule has 2 amide bonds. The maximum atomic E-state index is 13.6. The molecule has 0 bridgehead atoms. The van der Waals surface area contributed by atoms with Gasteiger partial charge in [-0.15, -0.1) is 0 Å². The van der Waals surface area contributed by atoms with E-state index in [1.807, 2.05) is 37.3 Å². The number of nitrogens with two attached hydrogens (primary N) is 1. The van der Waals surface area contributed by atoms with Gasteiger partial charge in [0.1, 0.15) is 18.7 Å². The Labute approximate surface area is 197 Å². The third kappa shape index (κ3) is 6.79. The topological polar surface area (TPSA) is 102 Å². The number of carbonyl (C=O) groups excluding carboxylic acids is 3. The predicted octanol–water partition coefficient (Wildman–Crippen LogP) is 3.30. The number of ether oxygens (including phenoxy) is 1. The average Bonchev–Trinajstić information content (AvgIpc) is 3.33. The highest BCUT2D eigenvalue weighted by Crippen LogP contribution is 2.29. The van der Waals surface area contributed by atoms with Gasteiger partial charge in [0.25, 0.3) is 0 Å². The Morgan fingerprint density at radius 1 is 1.12 bits per heavy atom. The van der Waals surface area contributed by atoms with Crippen LogP contribution >= 0.6 is 0 Å². The van der Waals surface area contributed by atoms with E-state index in [0.29, 0.717) is 31.7 Å². The van der Waals surface area contributed by atoms with Crippen LogP contribution in [0.4, 0.5) is 0 Å². The largest absolute Gasteiger partial charge is 0.459 e. The van der Waals surface area contributed by atoms with Gasteiger partial charge in [-0.05, 0) is 44.1 Å². The lowest BCUT2D eigenvalue weighted by Gasteiger charge is -2.33. The standard InChI is InChI=1S/C26H39N3O4/c1-3-26(2,27)25(32)28-21(17-19-11-6-4-7-12-19)23(30)29-16-10-15-22(29)24(31)33-18-20-13-8-5-9-14-20/h5,8-9,13-14,19,21-22H,3-4,6-7,10-12,15-18,27H2,1-2H3,(H,28,32)/t21-,22+,26-/m0/s1. The van der Waals surface area contributed by atoms with Gasteiger partial charge in [-0.2, -0.15) is 0 Å². The molecule has 2 aliphatic rings. The zero-order valence-electron chi connectivity index (χ0n) is 20.1. The van der Waals surface area contributed by atoms with Crippen molar-refractivity contribution in [1.82, 2.24) is 10.2 Å². The molecule has 7 nitrogen and oxygen atoms in total. The lowest BCUT2D eigenvalue weighted by Crippen LogP contribution is -2.58. The number of amides is 2. The summed E-state index contributed by atoms with van der Waals surface area (Å²) in [5, 5.41) is 2.94. The van der Waals surface area contributed by atoms with Gasteiger partial charge in [0, 0.05) is 6.54 Å².